The van der Waals surface area contributed by atoms with Gasteiger partial charge in [-0.15, -0.1) is 0 Å². The summed E-state index contributed by atoms with van der Waals surface area (Å²) in [5.74, 6) is 0. The van der Waals surface area contributed by atoms with Crippen LogP contribution in [0.2, 0.25) is 0 Å². The Morgan fingerprint density at radius 1 is 1.08 bits per heavy atom. The van der Waals surface area contributed by atoms with Crippen molar-refractivity contribution >= 4 is 0 Å². The second kappa shape index (κ2) is 2.73. The smallest absolute Gasteiger partial charge is 0.0147 e. The summed E-state index contributed by atoms with van der Waals surface area (Å²) in [6.07, 6.45) is 5.79. The van der Waals surface area contributed by atoms with E-state index in [-0.39, 0.29) is 0 Å². The van der Waals surface area contributed by atoms with Crippen LogP contribution >= 0.6 is 0 Å². The maximum atomic E-state index is 2.76. The highest BCUT2D eigenvalue weighted by Gasteiger charge is 2.41. The SMILES string of the molecule is CC(C)(C)C1CCCN1C1CC1. The van der Waals surface area contributed by atoms with Crippen LogP contribution in [0.25, 0.3) is 0 Å². The van der Waals surface area contributed by atoms with Gasteiger partial charge in [0.05, 0.1) is 0 Å². The lowest BCUT2D eigenvalue weighted by atomic mass is 9.85. The van der Waals surface area contributed by atoms with Crippen LogP contribution in [-0.4, -0.2) is 23.5 Å². The molecule has 1 nitrogen and oxygen atoms in total. The number of hydrogen-bond donors (Lipinski definition) is 0. The first kappa shape index (κ1) is 8.55. The Bertz CT molecular complexity index is 164. The molecule has 2 rings (SSSR count). The van der Waals surface area contributed by atoms with Crippen LogP contribution in [0, 0.1) is 5.41 Å². The van der Waals surface area contributed by atoms with Gasteiger partial charge in [-0.2, -0.15) is 0 Å². The Morgan fingerprint density at radius 3 is 2.25 bits per heavy atom. The van der Waals surface area contributed by atoms with E-state index in [2.05, 4.69) is 25.7 Å². The molecule has 1 saturated heterocycles. The second-order valence-electron chi connectivity index (χ2n) is 5.49. The largest absolute Gasteiger partial charge is 0.297 e. The van der Waals surface area contributed by atoms with E-state index in [0.717, 1.165) is 12.1 Å². The molecule has 0 spiro atoms. The molecule has 1 unspecified atom stereocenters. The molecule has 0 N–H and O–H groups in total. The van der Waals surface area contributed by atoms with Gasteiger partial charge in [0.25, 0.3) is 0 Å². The quantitative estimate of drug-likeness (QED) is 0.580. The number of rotatable bonds is 1. The third-order valence-corrected chi connectivity index (χ3v) is 3.31. The van der Waals surface area contributed by atoms with E-state index in [1.54, 1.807) is 0 Å². The van der Waals surface area contributed by atoms with E-state index in [0.29, 0.717) is 5.41 Å². The van der Waals surface area contributed by atoms with Crippen molar-refractivity contribution in [3.05, 3.63) is 0 Å². The summed E-state index contributed by atoms with van der Waals surface area (Å²) >= 11 is 0. The molecular weight excluding hydrogens is 146 g/mol. The highest BCUT2D eigenvalue weighted by atomic mass is 15.2. The summed E-state index contributed by atoms with van der Waals surface area (Å²) in [6.45, 7) is 8.53. The summed E-state index contributed by atoms with van der Waals surface area (Å²) < 4.78 is 0. The van der Waals surface area contributed by atoms with Gasteiger partial charge in [-0.25, -0.2) is 0 Å². The minimum atomic E-state index is 0.499. The number of hydrogen-bond acceptors (Lipinski definition) is 1. The molecule has 1 aliphatic carbocycles. The summed E-state index contributed by atoms with van der Waals surface area (Å²) in [4.78, 5) is 2.76. The normalized spacial score (nSPS) is 32.8. The second-order valence-corrected chi connectivity index (χ2v) is 5.49. The lowest BCUT2D eigenvalue weighted by Gasteiger charge is -2.35. The maximum absolute atomic E-state index is 2.76. The van der Waals surface area contributed by atoms with Crippen molar-refractivity contribution in [1.29, 1.82) is 0 Å². The van der Waals surface area contributed by atoms with Crippen LogP contribution < -0.4 is 0 Å². The van der Waals surface area contributed by atoms with Gasteiger partial charge in [0.15, 0.2) is 0 Å². The molecule has 70 valence electrons. The van der Waals surface area contributed by atoms with Gasteiger partial charge in [-0.05, 0) is 37.6 Å². The van der Waals surface area contributed by atoms with Gasteiger partial charge < -0.3 is 0 Å². The van der Waals surface area contributed by atoms with Crippen LogP contribution in [0.5, 0.6) is 0 Å². The fraction of sp³-hybridized carbons (Fsp3) is 1.00. The average Bonchev–Trinajstić information content (AvgIpc) is 2.65. The molecule has 0 aromatic carbocycles. The van der Waals surface area contributed by atoms with Crippen molar-refractivity contribution < 1.29 is 0 Å². The Hall–Kier alpha value is -0.0400. The van der Waals surface area contributed by atoms with E-state index in [4.69, 9.17) is 0 Å². The summed E-state index contributed by atoms with van der Waals surface area (Å²) in [5, 5.41) is 0. The molecule has 0 aromatic heterocycles. The topological polar surface area (TPSA) is 3.24 Å². The standard InChI is InChI=1S/C11H21N/c1-11(2,3)10-5-4-8-12(10)9-6-7-9/h9-10H,4-8H2,1-3H3. The number of nitrogens with zero attached hydrogens (tertiary/aromatic N) is 1. The zero-order chi connectivity index (χ0) is 8.77. The van der Waals surface area contributed by atoms with E-state index in [1.807, 2.05) is 0 Å². The van der Waals surface area contributed by atoms with E-state index >= 15 is 0 Å². The van der Waals surface area contributed by atoms with Gasteiger partial charge in [0.2, 0.25) is 0 Å². The summed E-state index contributed by atoms with van der Waals surface area (Å²) in [5.41, 5.74) is 0.499. The van der Waals surface area contributed by atoms with Crippen LogP contribution in [0.1, 0.15) is 46.5 Å². The fourth-order valence-corrected chi connectivity index (χ4v) is 2.56. The van der Waals surface area contributed by atoms with Crippen LogP contribution in [0.4, 0.5) is 0 Å². The molecule has 12 heavy (non-hydrogen) atoms. The number of likely N-dealkylation sites (tertiary alicyclic amines) is 1. The van der Waals surface area contributed by atoms with E-state index in [9.17, 15) is 0 Å². The third kappa shape index (κ3) is 1.52. The molecule has 0 bridgehead atoms. The van der Waals surface area contributed by atoms with Gasteiger partial charge in [-0.3, -0.25) is 4.90 Å². The molecule has 1 heteroatoms. The van der Waals surface area contributed by atoms with Crippen LogP contribution in [-0.2, 0) is 0 Å². The van der Waals surface area contributed by atoms with Crippen molar-refractivity contribution in [3.8, 4) is 0 Å². The van der Waals surface area contributed by atoms with Gasteiger partial charge in [-0.1, -0.05) is 20.8 Å². The van der Waals surface area contributed by atoms with Crippen molar-refractivity contribution in [1.82, 2.24) is 4.90 Å². The minimum absolute atomic E-state index is 0.499. The lowest BCUT2D eigenvalue weighted by molar-refractivity contribution is 0.134. The van der Waals surface area contributed by atoms with Crippen molar-refractivity contribution in [3.63, 3.8) is 0 Å². The molecular formula is C11H21N. The molecule has 2 aliphatic rings. The zero-order valence-corrected chi connectivity index (χ0v) is 8.64. The molecule has 1 aliphatic heterocycles. The molecule has 1 heterocycles. The first-order chi connectivity index (χ1) is 5.59. The highest BCUT2D eigenvalue weighted by Crippen LogP contribution is 2.39. The first-order valence-corrected chi connectivity index (χ1v) is 5.35. The molecule has 1 saturated carbocycles. The molecule has 0 aromatic rings. The van der Waals surface area contributed by atoms with Crippen LogP contribution in [0.3, 0.4) is 0 Å². The van der Waals surface area contributed by atoms with E-state index in [1.165, 1.54) is 32.2 Å². The molecule has 0 radical (unpaired) electrons. The predicted molar refractivity (Wildman–Crippen MR) is 52.2 cm³/mol. The molecule has 0 amide bonds. The van der Waals surface area contributed by atoms with Gasteiger partial charge in [0.1, 0.15) is 0 Å². The minimum Gasteiger partial charge on any atom is -0.297 e. The fourth-order valence-electron chi connectivity index (χ4n) is 2.56. The predicted octanol–water partition coefficient (Wildman–Crippen LogP) is 2.66. The van der Waals surface area contributed by atoms with Crippen molar-refractivity contribution in [2.24, 2.45) is 5.41 Å². The average molecular weight is 167 g/mol. The summed E-state index contributed by atoms with van der Waals surface area (Å²) in [6, 6.07) is 1.83. The zero-order valence-electron chi connectivity index (χ0n) is 8.64. The highest BCUT2D eigenvalue weighted by molar-refractivity contribution is 4.96. The first-order valence-electron chi connectivity index (χ1n) is 5.35. The monoisotopic (exact) mass is 167 g/mol. The Morgan fingerprint density at radius 2 is 1.75 bits per heavy atom. The summed E-state index contributed by atoms with van der Waals surface area (Å²) in [7, 11) is 0. The van der Waals surface area contributed by atoms with E-state index < -0.39 is 0 Å². The Kier molecular flexibility index (Phi) is 1.95. The van der Waals surface area contributed by atoms with Crippen LogP contribution in [0.15, 0.2) is 0 Å². The van der Waals surface area contributed by atoms with Gasteiger partial charge >= 0.3 is 0 Å². The maximum Gasteiger partial charge on any atom is 0.0147 e. The third-order valence-electron chi connectivity index (χ3n) is 3.31. The molecule has 2 fully saturated rings. The Balaban J connectivity index is 2.03. The Labute approximate surface area is 76.1 Å². The lowest BCUT2D eigenvalue weighted by Crippen LogP contribution is -2.40. The molecule has 1 atom stereocenters. The van der Waals surface area contributed by atoms with Gasteiger partial charge in [0, 0.05) is 12.1 Å². The van der Waals surface area contributed by atoms with Crippen molar-refractivity contribution in [2.45, 2.75) is 58.5 Å². The van der Waals surface area contributed by atoms with Crippen molar-refractivity contribution in [2.75, 3.05) is 6.54 Å².